The summed E-state index contributed by atoms with van der Waals surface area (Å²) in [4.78, 5) is 6.72. The summed E-state index contributed by atoms with van der Waals surface area (Å²) in [7, 11) is 0. The molecule has 0 atom stereocenters. The van der Waals surface area contributed by atoms with Crippen molar-refractivity contribution in [3.63, 3.8) is 0 Å². The van der Waals surface area contributed by atoms with Crippen LogP contribution in [-0.4, -0.2) is 19.7 Å². The lowest BCUT2D eigenvalue weighted by Gasteiger charge is -2.14. The summed E-state index contributed by atoms with van der Waals surface area (Å²) in [6.45, 7) is 5.75. The van der Waals surface area contributed by atoms with Gasteiger partial charge in [-0.25, -0.2) is 9.67 Å². The van der Waals surface area contributed by atoms with E-state index in [9.17, 15) is 0 Å². The third-order valence-electron chi connectivity index (χ3n) is 3.58. The molecular formula is C14H19N5. The molecule has 0 radical (unpaired) electrons. The van der Waals surface area contributed by atoms with E-state index in [0.29, 0.717) is 0 Å². The van der Waals surface area contributed by atoms with Crippen LogP contribution in [-0.2, 0) is 26.2 Å². The smallest absolute Gasteiger partial charge is 0.141 e. The molecule has 2 aromatic rings. The normalized spacial score (nSPS) is 14.8. The molecule has 2 heterocycles. The number of benzene rings is 1. The number of anilines is 1. The van der Waals surface area contributed by atoms with Gasteiger partial charge in [0.25, 0.3) is 0 Å². The van der Waals surface area contributed by atoms with Crippen molar-refractivity contribution in [2.45, 2.75) is 39.5 Å². The van der Waals surface area contributed by atoms with E-state index in [1.165, 1.54) is 11.1 Å². The predicted octanol–water partition coefficient (Wildman–Crippen LogP) is 1.79. The zero-order chi connectivity index (χ0) is 13.2. The molecule has 1 aliphatic rings. The molecule has 5 heteroatoms. The Morgan fingerprint density at radius 1 is 1.32 bits per heavy atom. The summed E-state index contributed by atoms with van der Waals surface area (Å²) in [6, 6.07) is 6.15. The number of aryl methyl sites for hydroxylation is 1. The lowest BCUT2D eigenvalue weighted by Crippen LogP contribution is -2.19. The number of fused-ring (bicyclic) bond motifs is 1. The summed E-state index contributed by atoms with van der Waals surface area (Å²) in [5.41, 5.74) is 9.53. The highest BCUT2D eigenvalue weighted by Gasteiger charge is 2.22. The van der Waals surface area contributed by atoms with Gasteiger partial charge in [0.15, 0.2) is 0 Å². The van der Waals surface area contributed by atoms with Crippen LogP contribution in [0.2, 0.25) is 0 Å². The third-order valence-corrected chi connectivity index (χ3v) is 3.58. The first-order valence-electron chi connectivity index (χ1n) is 6.73. The van der Waals surface area contributed by atoms with E-state index in [1.807, 2.05) is 16.8 Å². The Bertz CT molecular complexity index is 575. The van der Waals surface area contributed by atoms with E-state index >= 15 is 0 Å². The fourth-order valence-electron chi connectivity index (χ4n) is 2.64. The van der Waals surface area contributed by atoms with E-state index in [0.717, 1.165) is 44.1 Å². The van der Waals surface area contributed by atoms with Crippen molar-refractivity contribution < 1.29 is 0 Å². The number of hydrogen-bond acceptors (Lipinski definition) is 4. The molecule has 0 saturated carbocycles. The fourth-order valence-corrected chi connectivity index (χ4v) is 2.64. The van der Waals surface area contributed by atoms with Crippen LogP contribution in [0, 0.1) is 0 Å². The van der Waals surface area contributed by atoms with Crippen molar-refractivity contribution >= 4 is 5.69 Å². The van der Waals surface area contributed by atoms with Crippen molar-refractivity contribution in [2.24, 2.45) is 0 Å². The monoisotopic (exact) mass is 257 g/mol. The van der Waals surface area contributed by atoms with Gasteiger partial charge in [0.05, 0.1) is 6.54 Å². The van der Waals surface area contributed by atoms with Crippen molar-refractivity contribution in [3.8, 4) is 0 Å². The highest BCUT2D eigenvalue weighted by atomic mass is 15.3. The molecule has 100 valence electrons. The second-order valence-electron chi connectivity index (χ2n) is 5.03. The molecule has 1 aromatic heterocycles. The molecule has 0 bridgehead atoms. The highest BCUT2D eigenvalue weighted by molar-refractivity contribution is 5.52. The Balaban J connectivity index is 1.73. The molecule has 1 aliphatic heterocycles. The largest absolute Gasteiger partial charge is 0.398 e. The minimum atomic E-state index is 0.828. The van der Waals surface area contributed by atoms with Crippen molar-refractivity contribution in [1.29, 1.82) is 0 Å². The van der Waals surface area contributed by atoms with E-state index in [1.54, 1.807) is 6.33 Å². The maximum atomic E-state index is 6.03. The van der Waals surface area contributed by atoms with Gasteiger partial charge >= 0.3 is 0 Å². The zero-order valence-corrected chi connectivity index (χ0v) is 11.2. The summed E-state index contributed by atoms with van der Waals surface area (Å²) in [5.74, 6) is 1.04. The third kappa shape index (κ3) is 2.33. The number of hydrogen-bond donors (Lipinski definition) is 1. The van der Waals surface area contributed by atoms with Gasteiger partial charge in [-0.15, -0.1) is 0 Å². The fraction of sp³-hybridized carbons (Fsp3) is 0.429. The lowest BCUT2D eigenvalue weighted by molar-refractivity contribution is 0.262. The number of nitrogens with two attached hydrogens (primary N) is 1. The molecule has 3 rings (SSSR count). The number of nitrogen functional groups attached to an aromatic ring is 1. The number of aromatic nitrogens is 3. The molecule has 19 heavy (non-hydrogen) atoms. The van der Waals surface area contributed by atoms with Crippen LogP contribution in [0.25, 0.3) is 0 Å². The summed E-state index contributed by atoms with van der Waals surface area (Å²) in [6.07, 6.45) is 2.71. The second-order valence-corrected chi connectivity index (χ2v) is 5.03. The molecule has 0 unspecified atom stereocenters. The quantitative estimate of drug-likeness (QED) is 0.848. The SMILES string of the molecule is CCCn1ncnc1CN1Cc2cccc(N)c2C1. The number of rotatable bonds is 4. The first-order valence-corrected chi connectivity index (χ1v) is 6.73. The molecule has 0 amide bonds. The molecule has 2 N–H and O–H groups in total. The van der Waals surface area contributed by atoms with Gasteiger partial charge in [0.1, 0.15) is 12.2 Å². The summed E-state index contributed by atoms with van der Waals surface area (Å²) < 4.78 is 1.99. The molecule has 1 aromatic carbocycles. The van der Waals surface area contributed by atoms with Gasteiger partial charge in [0, 0.05) is 25.3 Å². The van der Waals surface area contributed by atoms with Gasteiger partial charge in [-0.2, -0.15) is 5.10 Å². The molecule has 5 nitrogen and oxygen atoms in total. The van der Waals surface area contributed by atoms with Crippen molar-refractivity contribution in [1.82, 2.24) is 19.7 Å². The van der Waals surface area contributed by atoms with E-state index in [2.05, 4.69) is 28.0 Å². The Kier molecular flexibility index (Phi) is 3.21. The van der Waals surface area contributed by atoms with Crippen molar-refractivity contribution in [2.75, 3.05) is 5.73 Å². The minimum Gasteiger partial charge on any atom is -0.398 e. The number of nitrogens with zero attached hydrogens (tertiary/aromatic N) is 4. The maximum absolute atomic E-state index is 6.03. The highest BCUT2D eigenvalue weighted by Crippen LogP contribution is 2.28. The predicted molar refractivity (Wildman–Crippen MR) is 74.1 cm³/mol. The Morgan fingerprint density at radius 2 is 2.21 bits per heavy atom. The molecule has 0 aliphatic carbocycles. The standard InChI is InChI=1S/C14H19N5/c1-2-6-19-14(16-10-17-19)9-18-7-11-4-3-5-13(15)12(11)8-18/h3-5,10H,2,6-9,15H2,1H3. The van der Waals surface area contributed by atoms with Crippen LogP contribution in [0.5, 0.6) is 0 Å². The van der Waals surface area contributed by atoms with E-state index in [4.69, 9.17) is 5.73 Å². The maximum Gasteiger partial charge on any atom is 0.141 e. The Morgan fingerprint density at radius 3 is 3.00 bits per heavy atom. The first-order chi connectivity index (χ1) is 9.28. The van der Waals surface area contributed by atoms with E-state index < -0.39 is 0 Å². The Hall–Kier alpha value is -1.88. The van der Waals surface area contributed by atoms with Gasteiger partial charge in [-0.05, 0) is 23.6 Å². The van der Waals surface area contributed by atoms with Crippen LogP contribution in [0.1, 0.15) is 30.3 Å². The van der Waals surface area contributed by atoms with Crippen LogP contribution >= 0.6 is 0 Å². The van der Waals surface area contributed by atoms with E-state index in [-0.39, 0.29) is 0 Å². The molecular weight excluding hydrogens is 238 g/mol. The summed E-state index contributed by atoms with van der Waals surface area (Å²) >= 11 is 0. The van der Waals surface area contributed by atoms with Crippen LogP contribution < -0.4 is 5.73 Å². The van der Waals surface area contributed by atoms with Gasteiger partial charge in [-0.1, -0.05) is 19.1 Å². The summed E-state index contributed by atoms with van der Waals surface area (Å²) in [5, 5.41) is 4.27. The Labute approximate surface area is 113 Å². The lowest BCUT2D eigenvalue weighted by atomic mass is 10.1. The van der Waals surface area contributed by atoms with Gasteiger partial charge < -0.3 is 5.73 Å². The minimum absolute atomic E-state index is 0.828. The van der Waals surface area contributed by atoms with Gasteiger partial charge in [0.2, 0.25) is 0 Å². The van der Waals surface area contributed by atoms with Gasteiger partial charge in [-0.3, -0.25) is 4.90 Å². The zero-order valence-electron chi connectivity index (χ0n) is 11.2. The van der Waals surface area contributed by atoms with Crippen LogP contribution in [0.15, 0.2) is 24.5 Å². The second kappa shape index (κ2) is 5.01. The van der Waals surface area contributed by atoms with Crippen LogP contribution in [0.4, 0.5) is 5.69 Å². The average molecular weight is 257 g/mol. The average Bonchev–Trinajstić information content (AvgIpc) is 2.98. The van der Waals surface area contributed by atoms with Crippen LogP contribution in [0.3, 0.4) is 0 Å². The first kappa shape index (κ1) is 12.2. The van der Waals surface area contributed by atoms with Crippen molar-refractivity contribution in [3.05, 3.63) is 41.5 Å². The molecule has 0 fully saturated rings. The molecule has 0 spiro atoms. The topological polar surface area (TPSA) is 60.0 Å². The molecule has 0 saturated heterocycles.